The van der Waals surface area contributed by atoms with E-state index in [0.717, 1.165) is 15.9 Å². The van der Waals surface area contributed by atoms with Crippen LogP contribution in [0.4, 0.5) is 5.69 Å². The van der Waals surface area contributed by atoms with Crippen molar-refractivity contribution in [3.8, 4) is 0 Å². The molecule has 0 saturated heterocycles. The molecule has 0 bridgehead atoms. The van der Waals surface area contributed by atoms with Crippen LogP contribution in [0.5, 0.6) is 0 Å². The maximum atomic E-state index is 12.4. The van der Waals surface area contributed by atoms with Crippen LogP contribution < -0.4 is 9.80 Å². The van der Waals surface area contributed by atoms with Crippen LogP contribution in [-0.4, -0.2) is 25.4 Å². The average Bonchev–Trinajstić information content (AvgIpc) is 2.76. The van der Waals surface area contributed by atoms with Gasteiger partial charge >= 0.3 is 5.91 Å². The summed E-state index contributed by atoms with van der Waals surface area (Å²) in [5, 5.41) is 0. The third-order valence-corrected chi connectivity index (χ3v) is 5.00. The van der Waals surface area contributed by atoms with E-state index in [0.29, 0.717) is 17.9 Å². The third-order valence-electron chi connectivity index (χ3n) is 4.36. The molecule has 1 heterocycles. The molecular weight excluding hydrogens is 368 g/mol. The second-order valence-electron chi connectivity index (χ2n) is 6.42. The van der Waals surface area contributed by atoms with Crippen LogP contribution in [-0.2, 0) is 11.3 Å². The number of halogens is 1. The highest BCUT2D eigenvalue weighted by Crippen LogP contribution is 2.35. The summed E-state index contributed by atoms with van der Waals surface area (Å²) in [5.41, 5.74) is 4.91. The summed E-state index contributed by atoms with van der Waals surface area (Å²) in [6.45, 7) is 5.43. The van der Waals surface area contributed by atoms with Gasteiger partial charge in [-0.2, -0.15) is 0 Å². The van der Waals surface area contributed by atoms with Gasteiger partial charge in [0.05, 0.1) is 18.3 Å². The molecule has 0 spiro atoms. The highest BCUT2D eigenvalue weighted by atomic mass is 79.9. The number of aryl methyl sites for hydroxylation is 2. The minimum atomic E-state index is -0.447. The number of carbonyl (C=O) groups is 2. The minimum Gasteiger partial charge on any atom is -0.316 e. The van der Waals surface area contributed by atoms with Gasteiger partial charge in [-0.1, -0.05) is 29.8 Å². The summed E-state index contributed by atoms with van der Waals surface area (Å²) in [6, 6.07) is 11.8. The Morgan fingerprint density at radius 1 is 1.12 bits per heavy atom. The zero-order valence-corrected chi connectivity index (χ0v) is 15.6. The first-order valence-corrected chi connectivity index (χ1v) is 8.70. The van der Waals surface area contributed by atoms with E-state index >= 15 is 0 Å². The predicted octanol–water partition coefficient (Wildman–Crippen LogP) is 2.27. The van der Waals surface area contributed by atoms with E-state index in [-0.39, 0.29) is 0 Å². The van der Waals surface area contributed by atoms with Gasteiger partial charge in [0.15, 0.2) is 6.67 Å². The number of nitrogens with zero attached hydrogens (tertiary/aromatic N) is 1. The number of hydrogen-bond acceptors (Lipinski definition) is 2. The van der Waals surface area contributed by atoms with Crippen molar-refractivity contribution < 1.29 is 14.5 Å². The molecule has 1 unspecified atom stereocenters. The first-order valence-electron chi connectivity index (χ1n) is 7.90. The van der Waals surface area contributed by atoms with Gasteiger partial charge in [0.25, 0.3) is 5.78 Å². The van der Waals surface area contributed by atoms with Crippen LogP contribution in [0.2, 0.25) is 0 Å². The number of fused-ring (bicyclic) bond motifs is 1. The fraction of sp³-hybridized carbons (Fsp3) is 0.263. The lowest BCUT2D eigenvalue weighted by Crippen LogP contribution is -3.09. The second-order valence-corrected chi connectivity index (χ2v) is 7.27. The zero-order valence-electron chi connectivity index (χ0n) is 14.0. The molecular formula is C19H20BrN2O2+. The number of Topliss-reactive ketones (excluding diaryl/α,β-unsaturated/α-hetero) is 1. The molecule has 0 fully saturated rings. The van der Waals surface area contributed by atoms with Crippen molar-refractivity contribution in [3.05, 3.63) is 63.1 Å². The first kappa shape index (κ1) is 16.9. The number of para-hydroxylation sites is 1. The Hall–Kier alpha value is -1.98. The van der Waals surface area contributed by atoms with Gasteiger partial charge in [0, 0.05) is 10.0 Å². The fourth-order valence-corrected chi connectivity index (χ4v) is 3.74. The maximum absolute atomic E-state index is 12.4. The van der Waals surface area contributed by atoms with Gasteiger partial charge in [-0.25, -0.2) is 0 Å². The Balaban J connectivity index is 1.81. The van der Waals surface area contributed by atoms with E-state index < -0.39 is 11.7 Å². The molecule has 3 rings (SSSR count). The molecule has 2 aromatic carbocycles. The Morgan fingerprint density at radius 3 is 2.58 bits per heavy atom. The molecule has 124 valence electrons. The Kier molecular flexibility index (Phi) is 4.56. The highest BCUT2D eigenvalue weighted by Gasteiger charge is 2.38. The molecule has 1 aliphatic heterocycles. The van der Waals surface area contributed by atoms with Crippen molar-refractivity contribution in [2.45, 2.75) is 20.4 Å². The van der Waals surface area contributed by atoms with Crippen LogP contribution in [0.3, 0.4) is 0 Å². The number of rotatable bonds is 4. The molecule has 2 aromatic rings. The van der Waals surface area contributed by atoms with Crippen LogP contribution in [0, 0.1) is 13.8 Å². The largest absolute Gasteiger partial charge is 0.316 e. The predicted molar refractivity (Wildman–Crippen MR) is 97.3 cm³/mol. The number of anilines is 1. The quantitative estimate of drug-likeness (QED) is 0.817. The standard InChI is InChI=1S/C19H19BrN2O2/c1-12-7-8-14(13(2)9-12)10-21(3)11-22-17-15(18(23)19(22)24)5-4-6-16(17)20/h4-9H,10-11H2,1-3H3/p+1. The van der Waals surface area contributed by atoms with E-state index in [4.69, 9.17) is 0 Å². The molecule has 0 saturated carbocycles. The molecule has 0 aromatic heterocycles. The third kappa shape index (κ3) is 3.01. The van der Waals surface area contributed by atoms with Gasteiger partial charge in [-0.05, 0) is 47.5 Å². The number of nitrogens with one attached hydrogen (secondary N) is 1. The minimum absolute atomic E-state index is 0.425. The van der Waals surface area contributed by atoms with Crippen molar-refractivity contribution in [3.63, 3.8) is 0 Å². The molecule has 1 amide bonds. The van der Waals surface area contributed by atoms with Crippen molar-refractivity contribution in [2.75, 3.05) is 18.6 Å². The summed E-state index contributed by atoms with van der Waals surface area (Å²) in [7, 11) is 2.03. The summed E-state index contributed by atoms with van der Waals surface area (Å²) in [4.78, 5) is 27.3. The van der Waals surface area contributed by atoms with Crippen LogP contribution in [0.25, 0.3) is 0 Å². The van der Waals surface area contributed by atoms with Gasteiger partial charge in [-0.15, -0.1) is 0 Å². The van der Waals surface area contributed by atoms with Gasteiger partial charge in [0.1, 0.15) is 6.54 Å². The summed E-state index contributed by atoms with van der Waals surface area (Å²) in [5.74, 6) is -0.873. The summed E-state index contributed by atoms with van der Waals surface area (Å²) in [6.07, 6.45) is 0. The number of benzene rings is 2. The average molecular weight is 388 g/mol. The maximum Gasteiger partial charge on any atom is 0.303 e. The summed E-state index contributed by atoms with van der Waals surface area (Å²) >= 11 is 3.46. The number of ketones is 1. The van der Waals surface area contributed by atoms with Crippen molar-refractivity contribution in [2.24, 2.45) is 0 Å². The van der Waals surface area contributed by atoms with Crippen LogP contribution >= 0.6 is 15.9 Å². The molecule has 0 aliphatic carbocycles. The normalized spacial score (nSPS) is 14.9. The fourth-order valence-electron chi connectivity index (χ4n) is 3.16. The topological polar surface area (TPSA) is 41.8 Å². The van der Waals surface area contributed by atoms with E-state index in [1.165, 1.54) is 16.7 Å². The molecule has 0 radical (unpaired) electrons. The SMILES string of the molecule is Cc1ccc(C[NH+](C)CN2C(=O)C(=O)c3cccc(Br)c32)c(C)c1. The van der Waals surface area contributed by atoms with Gasteiger partial charge in [0.2, 0.25) is 0 Å². The molecule has 1 aliphatic rings. The lowest BCUT2D eigenvalue weighted by atomic mass is 10.1. The summed E-state index contributed by atoms with van der Waals surface area (Å²) < 4.78 is 0.776. The monoisotopic (exact) mass is 387 g/mol. The van der Waals surface area contributed by atoms with Crippen molar-refractivity contribution in [1.82, 2.24) is 0 Å². The van der Waals surface area contributed by atoms with Crippen LogP contribution in [0.15, 0.2) is 40.9 Å². The number of amides is 1. The highest BCUT2D eigenvalue weighted by molar-refractivity contribution is 9.10. The van der Waals surface area contributed by atoms with E-state index in [1.807, 2.05) is 13.1 Å². The number of quaternary nitrogens is 1. The Bertz CT molecular complexity index is 832. The van der Waals surface area contributed by atoms with E-state index in [9.17, 15) is 9.59 Å². The lowest BCUT2D eigenvalue weighted by molar-refractivity contribution is -0.892. The lowest BCUT2D eigenvalue weighted by Gasteiger charge is -2.23. The van der Waals surface area contributed by atoms with Crippen molar-refractivity contribution >= 4 is 33.3 Å². The zero-order chi connectivity index (χ0) is 17.4. The molecule has 1 N–H and O–H groups in total. The number of carbonyl (C=O) groups excluding carboxylic acids is 2. The van der Waals surface area contributed by atoms with E-state index in [2.05, 4.69) is 48.0 Å². The molecule has 24 heavy (non-hydrogen) atoms. The van der Waals surface area contributed by atoms with E-state index in [1.54, 1.807) is 17.0 Å². The van der Waals surface area contributed by atoms with Gasteiger partial charge < -0.3 is 4.90 Å². The molecule has 4 nitrogen and oxygen atoms in total. The molecule has 1 atom stereocenters. The van der Waals surface area contributed by atoms with Crippen LogP contribution in [0.1, 0.15) is 27.0 Å². The second kappa shape index (κ2) is 6.49. The van der Waals surface area contributed by atoms with Crippen molar-refractivity contribution in [1.29, 1.82) is 0 Å². The van der Waals surface area contributed by atoms with Gasteiger partial charge in [-0.3, -0.25) is 14.5 Å². The first-order chi connectivity index (χ1) is 11.4. The smallest absolute Gasteiger partial charge is 0.303 e. The Labute approximate surface area is 150 Å². The number of hydrogen-bond donors (Lipinski definition) is 1. The molecule has 5 heteroatoms. The Morgan fingerprint density at radius 2 is 1.88 bits per heavy atom.